The molecule has 1 amide bonds. The van der Waals surface area contributed by atoms with Gasteiger partial charge in [0.1, 0.15) is 0 Å². The van der Waals surface area contributed by atoms with Crippen LogP contribution in [-0.2, 0) is 19.4 Å². The molecule has 0 fully saturated rings. The number of aromatic nitrogens is 2. The smallest absolute Gasteiger partial charge is 0.255 e. The second-order valence-electron chi connectivity index (χ2n) is 9.38. The number of aliphatic hydroxyl groups excluding tert-OH is 1. The number of fused-ring (bicyclic) bond motifs is 2. The quantitative estimate of drug-likeness (QED) is 0.181. The molecule has 0 radical (unpaired) electrons. The van der Waals surface area contributed by atoms with Crippen molar-refractivity contribution < 1.29 is 9.90 Å². The van der Waals surface area contributed by atoms with E-state index >= 15 is 0 Å². The fraction of sp³-hybridized carbons (Fsp3) is 0.200. The molecule has 204 valence electrons. The molecule has 2 heterocycles. The maximum absolute atomic E-state index is 13.2. The second kappa shape index (κ2) is 12.9. The van der Waals surface area contributed by atoms with E-state index in [0.717, 1.165) is 35.2 Å². The molecule has 5 rings (SSSR count). The van der Waals surface area contributed by atoms with Gasteiger partial charge in [-0.05, 0) is 53.9 Å². The third kappa shape index (κ3) is 6.39. The van der Waals surface area contributed by atoms with Gasteiger partial charge in [0.05, 0.1) is 23.2 Å². The molecule has 2 aromatic carbocycles. The van der Waals surface area contributed by atoms with E-state index in [9.17, 15) is 9.90 Å². The van der Waals surface area contributed by atoms with Gasteiger partial charge in [0, 0.05) is 36.7 Å². The molecular formula is C30H29ClN6O2S. The van der Waals surface area contributed by atoms with Crippen LogP contribution in [0.25, 0.3) is 0 Å². The Kier molecular flexibility index (Phi) is 8.85. The van der Waals surface area contributed by atoms with E-state index in [1.165, 1.54) is 11.8 Å². The molecule has 1 aliphatic carbocycles. The summed E-state index contributed by atoms with van der Waals surface area (Å²) < 4.78 is 0. The minimum Gasteiger partial charge on any atom is -0.395 e. The van der Waals surface area contributed by atoms with E-state index in [2.05, 4.69) is 44.3 Å². The fourth-order valence-electron chi connectivity index (χ4n) is 4.83. The van der Waals surface area contributed by atoms with Gasteiger partial charge >= 0.3 is 0 Å². The summed E-state index contributed by atoms with van der Waals surface area (Å²) in [4.78, 5) is 23.7. The molecule has 1 aliphatic rings. The Bertz CT molecular complexity index is 1460. The van der Waals surface area contributed by atoms with E-state index in [4.69, 9.17) is 23.8 Å². The van der Waals surface area contributed by atoms with Crippen LogP contribution >= 0.6 is 23.8 Å². The summed E-state index contributed by atoms with van der Waals surface area (Å²) in [6.45, 7) is 0.401. The van der Waals surface area contributed by atoms with Crippen molar-refractivity contribution in [3.05, 3.63) is 124 Å². The lowest BCUT2D eigenvalue weighted by atomic mass is 9.96. The van der Waals surface area contributed by atoms with Crippen molar-refractivity contribution >= 4 is 40.7 Å². The van der Waals surface area contributed by atoms with E-state index in [1.54, 1.807) is 11.0 Å². The number of nitrogens with one attached hydrogen (secondary N) is 3. The number of benzene rings is 2. The van der Waals surface area contributed by atoms with Crippen LogP contribution < -0.4 is 16.2 Å². The Labute approximate surface area is 243 Å². The minimum absolute atomic E-state index is 0.153. The van der Waals surface area contributed by atoms with E-state index in [0.29, 0.717) is 23.0 Å². The molecule has 0 saturated heterocycles. The molecule has 2 aromatic heterocycles. The van der Waals surface area contributed by atoms with Gasteiger partial charge in [0.15, 0.2) is 10.9 Å². The van der Waals surface area contributed by atoms with Crippen molar-refractivity contribution in [2.75, 3.05) is 18.6 Å². The van der Waals surface area contributed by atoms with Crippen LogP contribution in [0, 0.1) is 0 Å². The number of aliphatic hydroxyl groups is 1. The van der Waals surface area contributed by atoms with Gasteiger partial charge < -0.3 is 15.3 Å². The first-order valence-electron chi connectivity index (χ1n) is 13.0. The lowest BCUT2D eigenvalue weighted by Gasteiger charge is -2.24. The van der Waals surface area contributed by atoms with Gasteiger partial charge in [-0.2, -0.15) is 0 Å². The number of carbonyl (C=O) groups excluding carboxylic acids is 1. The van der Waals surface area contributed by atoms with Gasteiger partial charge in [-0.3, -0.25) is 20.6 Å². The van der Waals surface area contributed by atoms with E-state index in [-0.39, 0.29) is 30.1 Å². The van der Waals surface area contributed by atoms with Gasteiger partial charge in [-0.25, -0.2) is 4.98 Å². The molecule has 4 aromatic rings. The number of anilines is 1. The number of thiocarbonyl (C=S) groups is 1. The van der Waals surface area contributed by atoms with Crippen molar-refractivity contribution in [1.82, 2.24) is 25.6 Å². The first kappa shape index (κ1) is 27.5. The Morgan fingerprint density at radius 1 is 1.02 bits per heavy atom. The first-order chi connectivity index (χ1) is 19.5. The maximum atomic E-state index is 13.2. The SMILES string of the molecule is O=C(c1cnc(NNC(=S)NC2c3ccccc3CCc3ncccc32)c(Cl)c1)N(CCO)Cc1ccccc1. The Morgan fingerprint density at radius 3 is 2.60 bits per heavy atom. The Hall–Kier alpha value is -4.05. The lowest BCUT2D eigenvalue weighted by molar-refractivity contribution is 0.0707. The van der Waals surface area contributed by atoms with Crippen LogP contribution in [0.15, 0.2) is 85.2 Å². The van der Waals surface area contributed by atoms with Crippen LogP contribution in [0.1, 0.15) is 44.3 Å². The number of aryl methyl sites for hydroxylation is 2. The van der Waals surface area contributed by atoms with Crippen molar-refractivity contribution in [2.45, 2.75) is 25.4 Å². The van der Waals surface area contributed by atoms with Crippen LogP contribution in [-0.4, -0.2) is 44.1 Å². The normalized spacial score (nSPS) is 13.8. The monoisotopic (exact) mass is 572 g/mol. The highest BCUT2D eigenvalue weighted by atomic mass is 35.5. The average molecular weight is 573 g/mol. The van der Waals surface area contributed by atoms with E-state index in [1.807, 2.05) is 54.7 Å². The molecular weight excluding hydrogens is 544 g/mol. The topological polar surface area (TPSA) is 102 Å². The van der Waals surface area contributed by atoms with Crippen LogP contribution in [0.5, 0.6) is 0 Å². The van der Waals surface area contributed by atoms with Crippen molar-refractivity contribution in [1.29, 1.82) is 0 Å². The van der Waals surface area contributed by atoms with Crippen molar-refractivity contribution in [3.8, 4) is 0 Å². The van der Waals surface area contributed by atoms with Crippen LogP contribution in [0.3, 0.4) is 0 Å². The zero-order chi connectivity index (χ0) is 27.9. The lowest BCUT2D eigenvalue weighted by Crippen LogP contribution is -2.41. The average Bonchev–Trinajstić information content (AvgIpc) is 3.13. The second-order valence-corrected chi connectivity index (χ2v) is 10.2. The number of hydrogen-bond acceptors (Lipinski definition) is 6. The molecule has 4 N–H and O–H groups in total. The fourth-order valence-corrected chi connectivity index (χ4v) is 5.21. The summed E-state index contributed by atoms with van der Waals surface area (Å²) in [7, 11) is 0. The highest BCUT2D eigenvalue weighted by Crippen LogP contribution is 2.31. The molecule has 0 aliphatic heterocycles. The number of nitrogens with zero attached hydrogens (tertiary/aromatic N) is 3. The predicted molar refractivity (Wildman–Crippen MR) is 160 cm³/mol. The zero-order valence-corrected chi connectivity index (χ0v) is 23.3. The third-order valence-corrected chi connectivity index (χ3v) is 7.27. The van der Waals surface area contributed by atoms with Gasteiger partial charge in [-0.1, -0.05) is 72.3 Å². The molecule has 1 unspecified atom stereocenters. The molecule has 0 bridgehead atoms. The number of halogens is 1. The number of pyridine rings is 2. The summed E-state index contributed by atoms with van der Waals surface area (Å²) in [6, 6.07) is 23.3. The minimum atomic E-state index is -0.275. The zero-order valence-electron chi connectivity index (χ0n) is 21.7. The summed E-state index contributed by atoms with van der Waals surface area (Å²) in [5, 5.41) is 13.5. The molecule has 1 atom stereocenters. The first-order valence-corrected chi connectivity index (χ1v) is 13.8. The standard InChI is InChI=1S/C30H29ClN6O2S/c31-25-17-22(29(39)37(15-16-38)19-20-7-2-1-3-8-20)18-33-28(25)35-36-30(40)34-27-23-10-5-4-9-21(23)12-13-26-24(27)11-6-14-32-26/h1-11,14,17-18,27,38H,12-13,15-16,19H2,(H,33,35)(H2,34,36,40). The summed E-state index contributed by atoms with van der Waals surface area (Å²) in [5.41, 5.74) is 11.7. The maximum Gasteiger partial charge on any atom is 0.255 e. The number of carbonyl (C=O) groups is 1. The highest BCUT2D eigenvalue weighted by Gasteiger charge is 2.25. The number of hydrazine groups is 1. The predicted octanol–water partition coefficient (Wildman–Crippen LogP) is 4.44. The largest absolute Gasteiger partial charge is 0.395 e. The number of rotatable bonds is 8. The molecule has 10 heteroatoms. The molecule has 8 nitrogen and oxygen atoms in total. The Morgan fingerprint density at radius 2 is 1.80 bits per heavy atom. The van der Waals surface area contributed by atoms with Crippen LogP contribution in [0.4, 0.5) is 5.82 Å². The molecule has 40 heavy (non-hydrogen) atoms. The molecule has 0 saturated carbocycles. The number of hydrogen-bond donors (Lipinski definition) is 4. The third-order valence-electron chi connectivity index (χ3n) is 6.77. The summed E-state index contributed by atoms with van der Waals surface area (Å²) >= 11 is 12.1. The highest BCUT2D eigenvalue weighted by molar-refractivity contribution is 7.80. The number of amides is 1. The van der Waals surface area contributed by atoms with Gasteiger partial charge in [-0.15, -0.1) is 0 Å². The van der Waals surface area contributed by atoms with E-state index < -0.39 is 0 Å². The Balaban J connectivity index is 1.26. The van der Waals surface area contributed by atoms with Gasteiger partial charge in [0.2, 0.25) is 0 Å². The van der Waals surface area contributed by atoms with Crippen LogP contribution in [0.2, 0.25) is 5.02 Å². The molecule has 0 spiro atoms. The summed E-state index contributed by atoms with van der Waals surface area (Å²) in [5.74, 6) is 0.0470. The van der Waals surface area contributed by atoms with Gasteiger partial charge in [0.25, 0.3) is 5.91 Å². The summed E-state index contributed by atoms with van der Waals surface area (Å²) in [6.07, 6.45) is 5.03. The van der Waals surface area contributed by atoms with Crippen molar-refractivity contribution in [3.63, 3.8) is 0 Å². The van der Waals surface area contributed by atoms with Crippen molar-refractivity contribution in [2.24, 2.45) is 0 Å².